The lowest BCUT2D eigenvalue weighted by atomic mass is 10.3. The third-order valence-corrected chi connectivity index (χ3v) is 3.55. The van der Waals surface area contributed by atoms with Gasteiger partial charge in [0.2, 0.25) is 5.91 Å². The quantitative estimate of drug-likeness (QED) is 0.841. The number of nitrogens with one attached hydrogen (secondary N) is 1. The van der Waals surface area contributed by atoms with Crippen molar-refractivity contribution in [3.8, 4) is 0 Å². The lowest BCUT2D eigenvalue weighted by Crippen LogP contribution is -2.12. The van der Waals surface area contributed by atoms with Gasteiger partial charge in [-0.15, -0.1) is 11.8 Å². The first-order chi connectivity index (χ1) is 9.63. The standard InChI is InChI=1S/C15H13F2NOS/c16-11-1-5-13(6-2-11)18-15(19)9-10-20-14-7-3-12(17)4-8-14/h1-8H,9-10H2,(H,18,19). The summed E-state index contributed by atoms with van der Waals surface area (Å²) in [6.07, 6.45) is 0.333. The maximum absolute atomic E-state index is 12.7. The largest absolute Gasteiger partial charge is 0.326 e. The molecule has 0 fully saturated rings. The van der Waals surface area contributed by atoms with Crippen LogP contribution in [0.4, 0.5) is 14.5 Å². The summed E-state index contributed by atoms with van der Waals surface area (Å²) in [6, 6.07) is 11.8. The van der Waals surface area contributed by atoms with Gasteiger partial charge in [0.1, 0.15) is 11.6 Å². The van der Waals surface area contributed by atoms with Gasteiger partial charge in [-0.2, -0.15) is 0 Å². The summed E-state index contributed by atoms with van der Waals surface area (Å²) in [5.74, 6) is -0.150. The van der Waals surface area contributed by atoms with Gasteiger partial charge in [-0.05, 0) is 48.5 Å². The lowest BCUT2D eigenvalue weighted by Gasteiger charge is -2.05. The molecule has 0 aliphatic carbocycles. The van der Waals surface area contributed by atoms with Crippen LogP contribution in [0.15, 0.2) is 53.4 Å². The van der Waals surface area contributed by atoms with Gasteiger partial charge in [-0.3, -0.25) is 4.79 Å². The monoisotopic (exact) mass is 293 g/mol. The van der Waals surface area contributed by atoms with E-state index in [4.69, 9.17) is 0 Å². The molecule has 5 heteroatoms. The Labute approximate surface area is 120 Å². The van der Waals surface area contributed by atoms with E-state index in [1.807, 2.05) is 0 Å². The molecule has 0 saturated heterocycles. The Morgan fingerprint density at radius 3 is 2.10 bits per heavy atom. The number of halogens is 2. The van der Waals surface area contributed by atoms with Gasteiger partial charge in [-0.1, -0.05) is 0 Å². The van der Waals surface area contributed by atoms with Crippen molar-refractivity contribution < 1.29 is 13.6 Å². The SMILES string of the molecule is O=C(CCSc1ccc(F)cc1)Nc1ccc(F)cc1. The van der Waals surface area contributed by atoms with Crippen LogP contribution in [0.5, 0.6) is 0 Å². The van der Waals surface area contributed by atoms with Crippen LogP contribution in [0.25, 0.3) is 0 Å². The van der Waals surface area contributed by atoms with E-state index in [0.29, 0.717) is 17.9 Å². The number of rotatable bonds is 5. The minimum absolute atomic E-state index is 0.133. The molecule has 20 heavy (non-hydrogen) atoms. The first kappa shape index (κ1) is 14.5. The summed E-state index contributed by atoms with van der Waals surface area (Å²) in [4.78, 5) is 12.6. The summed E-state index contributed by atoms with van der Waals surface area (Å²) < 4.78 is 25.4. The summed E-state index contributed by atoms with van der Waals surface area (Å²) >= 11 is 1.48. The molecule has 0 heterocycles. The van der Waals surface area contributed by atoms with Gasteiger partial charge < -0.3 is 5.32 Å². The number of carbonyl (C=O) groups excluding carboxylic acids is 1. The molecular formula is C15H13F2NOS. The lowest BCUT2D eigenvalue weighted by molar-refractivity contribution is -0.115. The van der Waals surface area contributed by atoms with Gasteiger partial charge in [0.25, 0.3) is 0 Å². The molecule has 2 aromatic rings. The Hall–Kier alpha value is -1.88. The molecule has 0 bridgehead atoms. The fourth-order valence-corrected chi connectivity index (χ4v) is 2.40. The van der Waals surface area contributed by atoms with Crippen molar-refractivity contribution in [1.29, 1.82) is 0 Å². The number of hydrogen-bond acceptors (Lipinski definition) is 2. The highest BCUT2D eigenvalue weighted by molar-refractivity contribution is 7.99. The summed E-state index contributed by atoms with van der Waals surface area (Å²) in [7, 11) is 0. The summed E-state index contributed by atoms with van der Waals surface area (Å²) in [5.41, 5.74) is 0.572. The van der Waals surface area contributed by atoms with Crippen LogP contribution in [0, 0.1) is 11.6 Å². The van der Waals surface area contributed by atoms with Gasteiger partial charge >= 0.3 is 0 Å². The maximum Gasteiger partial charge on any atom is 0.225 e. The fourth-order valence-electron chi connectivity index (χ4n) is 1.55. The highest BCUT2D eigenvalue weighted by Crippen LogP contribution is 2.19. The molecule has 1 N–H and O–H groups in total. The van der Waals surface area contributed by atoms with Crippen LogP contribution < -0.4 is 5.32 Å². The molecular weight excluding hydrogens is 280 g/mol. The van der Waals surface area contributed by atoms with E-state index in [0.717, 1.165) is 4.90 Å². The number of thioether (sulfide) groups is 1. The second-order valence-corrected chi connectivity index (χ2v) is 5.28. The molecule has 1 amide bonds. The molecule has 2 nitrogen and oxygen atoms in total. The number of anilines is 1. The smallest absolute Gasteiger partial charge is 0.225 e. The van der Waals surface area contributed by atoms with Crippen molar-refractivity contribution in [2.45, 2.75) is 11.3 Å². The van der Waals surface area contributed by atoms with Gasteiger partial charge in [0.05, 0.1) is 0 Å². The van der Waals surface area contributed by atoms with E-state index >= 15 is 0 Å². The Kier molecular flexibility index (Phi) is 5.12. The van der Waals surface area contributed by atoms with Crippen LogP contribution in [0.3, 0.4) is 0 Å². The number of benzene rings is 2. The maximum atomic E-state index is 12.7. The molecule has 0 aliphatic heterocycles. The van der Waals surface area contributed by atoms with Crippen LogP contribution in [0.1, 0.15) is 6.42 Å². The second-order valence-electron chi connectivity index (χ2n) is 4.11. The van der Waals surface area contributed by atoms with Crippen molar-refractivity contribution in [1.82, 2.24) is 0 Å². The van der Waals surface area contributed by atoms with Crippen LogP contribution in [-0.2, 0) is 4.79 Å². The fraction of sp³-hybridized carbons (Fsp3) is 0.133. The third kappa shape index (κ3) is 4.66. The van der Waals surface area contributed by atoms with Crippen molar-refractivity contribution in [3.05, 3.63) is 60.2 Å². The molecule has 0 aromatic heterocycles. The Morgan fingerprint density at radius 1 is 0.950 bits per heavy atom. The predicted octanol–water partition coefficient (Wildman–Crippen LogP) is 4.09. The van der Waals surface area contributed by atoms with Gasteiger partial charge in [0.15, 0.2) is 0 Å². The summed E-state index contributed by atoms with van der Waals surface area (Å²) in [6.45, 7) is 0. The van der Waals surface area contributed by atoms with E-state index < -0.39 is 0 Å². The molecule has 0 unspecified atom stereocenters. The van der Waals surface area contributed by atoms with E-state index in [-0.39, 0.29) is 17.5 Å². The number of hydrogen-bond donors (Lipinski definition) is 1. The average molecular weight is 293 g/mol. The van der Waals surface area contributed by atoms with Crippen LogP contribution >= 0.6 is 11.8 Å². The second kappa shape index (κ2) is 7.05. The molecule has 2 rings (SSSR count). The minimum atomic E-state index is -0.338. The number of amides is 1. The molecule has 0 radical (unpaired) electrons. The first-order valence-corrected chi connectivity index (χ1v) is 7.06. The zero-order valence-corrected chi connectivity index (χ0v) is 11.4. The van der Waals surface area contributed by atoms with Crippen molar-refractivity contribution >= 4 is 23.4 Å². The predicted molar refractivity (Wildman–Crippen MR) is 76.8 cm³/mol. The van der Waals surface area contributed by atoms with Gasteiger partial charge in [-0.25, -0.2) is 8.78 Å². The molecule has 104 valence electrons. The highest BCUT2D eigenvalue weighted by atomic mass is 32.2. The van der Waals surface area contributed by atoms with E-state index in [1.165, 1.54) is 48.2 Å². The Bertz CT molecular complexity index is 569. The Morgan fingerprint density at radius 2 is 1.50 bits per heavy atom. The van der Waals surface area contributed by atoms with Crippen molar-refractivity contribution in [2.24, 2.45) is 0 Å². The molecule has 0 spiro atoms. The first-order valence-electron chi connectivity index (χ1n) is 6.07. The van der Waals surface area contributed by atoms with Crippen molar-refractivity contribution in [3.63, 3.8) is 0 Å². The zero-order chi connectivity index (χ0) is 14.4. The Balaban J connectivity index is 1.75. The number of carbonyl (C=O) groups is 1. The summed E-state index contributed by atoms with van der Waals surface area (Å²) in [5, 5.41) is 2.69. The van der Waals surface area contributed by atoms with Crippen LogP contribution in [0.2, 0.25) is 0 Å². The van der Waals surface area contributed by atoms with Crippen molar-refractivity contribution in [2.75, 3.05) is 11.1 Å². The van der Waals surface area contributed by atoms with E-state index in [2.05, 4.69) is 5.32 Å². The third-order valence-electron chi connectivity index (χ3n) is 2.54. The molecule has 0 saturated carbocycles. The molecule has 2 aromatic carbocycles. The molecule has 0 atom stereocenters. The topological polar surface area (TPSA) is 29.1 Å². The zero-order valence-electron chi connectivity index (χ0n) is 10.6. The minimum Gasteiger partial charge on any atom is -0.326 e. The van der Waals surface area contributed by atoms with E-state index in [9.17, 15) is 13.6 Å². The normalized spacial score (nSPS) is 10.3. The molecule has 0 aliphatic rings. The highest BCUT2D eigenvalue weighted by Gasteiger charge is 2.03. The average Bonchev–Trinajstić information content (AvgIpc) is 2.44. The van der Waals surface area contributed by atoms with Crippen LogP contribution in [-0.4, -0.2) is 11.7 Å². The van der Waals surface area contributed by atoms with Gasteiger partial charge in [0, 0.05) is 22.8 Å². The van der Waals surface area contributed by atoms with E-state index in [1.54, 1.807) is 12.1 Å².